The third-order valence-electron chi connectivity index (χ3n) is 3.08. The predicted molar refractivity (Wildman–Crippen MR) is 89.3 cm³/mol. The van der Waals surface area contributed by atoms with Gasteiger partial charge < -0.3 is 14.8 Å². The van der Waals surface area contributed by atoms with Crippen LogP contribution in [0, 0.1) is 5.82 Å². The van der Waals surface area contributed by atoms with Gasteiger partial charge in [0.25, 0.3) is 0 Å². The van der Waals surface area contributed by atoms with E-state index in [0.29, 0.717) is 32.3 Å². The van der Waals surface area contributed by atoms with Gasteiger partial charge >= 0.3 is 7.60 Å². The summed E-state index contributed by atoms with van der Waals surface area (Å²) < 4.78 is 24.9. The zero-order valence-electron chi connectivity index (χ0n) is 11.5. The Balaban J connectivity index is 2.01. The van der Waals surface area contributed by atoms with Gasteiger partial charge in [0.15, 0.2) is 5.16 Å². The first-order valence-electron chi connectivity index (χ1n) is 6.45. The third kappa shape index (κ3) is 3.76. The van der Waals surface area contributed by atoms with Crippen molar-refractivity contribution in [1.82, 2.24) is 9.97 Å². The maximum absolute atomic E-state index is 13.9. The second kappa shape index (κ2) is 6.26. The fourth-order valence-corrected chi connectivity index (χ4v) is 3.88. The zero-order valence-corrected chi connectivity index (χ0v) is 14.0. The lowest BCUT2D eigenvalue weighted by Crippen LogP contribution is -1.85. The van der Waals surface area contributed by atoms with Gasteiger partial charge in [-0.1, -0.05) is 41.6 Å². The molecule has 1 heterocycles. The molecule has 3 rings (SSSR count). The molecule has 120 valence electrons. The van der Waals surface area contributed by atoms with Crippen molar-refractivity contribution in [3.8, 4) is 11.1 Å². The van der Waals surface area contributed by atoms with Crippen molar-refractivity contribution in [3.05, 3.63) is 47.2 Å². The van der Waals surface area contributed by atoms with Crippen LogP contribution in [0.3, 0.4) is 0 Å². The summed E-state index contributed by atoms with van der Waals surface area (Å²) in [6.07, 6.45) is 0. The fraction of sp³-hybridized carbons (Fsp3) is 0.0714. The SMILES string of the molecule is O=P(O)(O)CSc1nc2cc(-c3ccccc3F)c(Cl)cc2[nH]1. The van der Waals surface area contributed by atoms with Gasteiger partial charge in [-0.05, 0) is 18.2 Å². The maximum atomic E-state index is 13.9. The van der Waals surface area contributed by atoms with Crippen molar-refractivity contribution in [1.29, 1.82) is 0 Å². The van der Waals surface area contributed by atoms with Crippen LogP contribution in [-0.4, -0.2) is 25.2 Å². The van der Waals surface area contributed by atoms with Crippen molar-refractivity contribution < 1.29 is 18.7 Å². The lowest BCUT2D eigenvalue weighted by atomic mass is 10.0. The molecule has 23 heavy (non-hydrogen) atoms. The Bertz CT molecular complexity index is 928. The molecule has 9 heteroatoms. The highest BCUT2D eigenvalue weighted by atomic mass is 35.5. The van der Waals surface area contributed by atoms with Crippen LogP contribution >= 0.6 is 31.0 Å². The molecule has 1 aromatic heterocycles. The van der Waals surface area contributed by atoms with Crippen molar-refractivity contribution in [2.45, 2.75) is 5.16 Å². The minimum atomic E-state index is -4.12. The van der Waals surface area contributed by atoms with Crippen LogP contribution in [0.2, 0.25) is 5.02 Å². The number of nitrogens with zero attached hydrogens (tertiary/aromatic N) is 1. The minimum Gasteiger partial charge on any atom is -0.333 e. The summed E-state index contributed by atoms with van der Waals surface area (Å²) in [4.78, 5) is 25.0. The molecule has 0 amide bonds. The van der Waals surface area contributed by atoms with Gasteiger partial charge in [-0.15, -0.1) is 0 Å². The number of aromatic amines is 1. The van der Waals surface area contributed by atoms with Crippen LogP contribution in [0.1, 0.15) is 0 Å². The molecule has 0 unspecified atom stereocenters. The Morgan fingerprint density at radius 2 is 2.00 bits per heavy atom. The first kappa shape index (κ1) is 16.5. The van der Waals surface area contributed by atoms with E-state index in [0.717, 1.165) is 11.8 Å². The molecule has 3 aromatic rings. The predicted octanol–water partition coefficient (Wildman–Crippen LogP) is 4.25. The number of hydrogen-bond acceptors (Lipinski definition) is 3. The van der Waals surface area contributed by atoms with E-state index in [9.17, 15) is 8.96 Å². The third-order valence-corrected chi connectivity index (χ3v) is 5.72. The summed E-state index contributed by atoms with van der Waals surface area (Å²) in [7, 11) is -4.12. The van der Waals surface area contributed by atoms with Gasteiger partial charge in [0.05, 0.1) is 16.1 Å². The number of nitrogens with one attached hydrogen (secondary N) is 1. The molecule has 0 saturated carbocycles. The monoisotopic (exact) mass is 372 g/mol. The van der Waals surface area contributed by atoms with E-state index in [1.54, 1.807) is 30.3 Å². The number of hydrogen-bond donors (Lipinski definition) is 3. The summed E-state index contributed by atoms with van der Waals surface area (Å²) in [6, 6.07) is 9.54. The Hall–Kier alpha value is -1.37. The van der Waals surface area contributed by atoms with E-state index in [1.807, 2.05) is 0 Å². The Labute approximate surface area is 140 Å². The molecular formula is C14H11ClFN2O3PS. The Kier molecular flexibility index (Phi) is 4.49. The van der Waals surface area contributed by atoms with Gasteiger partial charge in [0, 0.05) is 11.1 Å². The highest BCUT2D eigenvalue weighted by Crippen LogP contribution is 2.41. The molecule has 0 aliphatic rings. The normalized spacial score (nSPS) is 12.0. The molecule has 0 aliphatic heterocycles. The fourth-order valence-electron chi connectivity index (χ4n) is 2.11. The number of benzene rings is 2. The molecular weight excluding hydrogens is 362 g/mol. The van der Waals surface area contributed by atoms with E-state index in [4.69, 9.17) is 21.4 Å². The highest BCUT2D eigenvalue weighted by molar-refractivity contribution is 8.04. The molecule has 0 aliphatic carbocycles. The van der Waals surface area contributed by atoms with Gasteiger partial charge in [0.2, 0.25) is 0 Å². The minimum absolute atomic E-state index is 0.359. The smallest absolute Gasteiger partial charge is 0.333 e. The largest absolute Gasteiger partial charge is 0.335 e. The lowest BCUT2D eigenvalue weighted by Gasteiger charge is -2.05. The quantitative estimate of drug-likeness (QED) is 0.471. The number of halogens is 2. The number of H-pyrrole nitrogens is 1. The first-order chi connectivity index (χ1) is 10.8. The maximum Gasteiger partial charge on any atom is 0.335 e. The topological polar surface area (TPSA) is 86.2 Å². The van der Waals surface area contributed by atoms with Crippen LogP contribution in [0.25, 0.3) is 22.2 Å². The second-order valence-electron chi connectivity index (χ2n) is 4.81. The number of imidazole rings is 1. The molecule has 0 atom stereocenters. The van der Waals surface area contributed by atoms with Crippen LogP contribution in [-0.2, 0) is 4.57 Å². The summed E-state index contributed by atoms with van der Waals surface area (Å²) in [5, 5.41) is 0.725. The van der Waals surface area contributed by atoms with Crippen molar-refractivity contribution in [2.75, 3.05) is 5.49 Å². The summed E-state index contributed by atoms with van der Waals surface area (Å²) in [5.74, 6) is -0.389. The van der Waals surface area contributed by atoms with E-state index in [-0.39, 0.29) is 11.3 Å². The van der Waals surface area contributed by atoms with E-state index in [1.165, 1.54) is 6.07 Å². The molecule has 2 aromatic carbocycles. The van der Waals surface area contributed by atoms with Crippen molar-refractivity contribution >= 4 is 42.0 Å². The average molecular weight is 373 g/mol. The van der Waals surface area contributed by atoms with Gasteiger partial charge in [-0.25, -0.2) is 9.37 Å². The molecule has 3 N–H and O–H groups in total. The summed E-state index contributed by atoms with van der Waals surface area (Å²) in [5.41, 5.74) is 1.66. The van der Waals surface area contributed by atoms with E-state index in [2.05, 4.69) is 9.97 Å². The second-order valence-corrected chi connectivity index (χ2v) is 8.25. The molecule has 0 radical (unpaired) electrons. The number of aromatic nitrogens is 2. The number of thioether (sulfide) groups is 1. The molecule has 5 nitrogen and oxygen atoms in total. The molecule has 0 bridgehead atoms. The van der Waals surface area contributed by atoms with Crippen LogP contribution in [0.15, 0.2) is 41.6 Å². The molecule has 0 fully saturated rings. The van der Waals surface area contributed by atoms with Crippen LogP contribution < -0.4 is 0 Å². The number of fused-ring (bicyclic) bond motifs is 1. The van der Waals surface area contributed by atoms with Gasteiger partial charge in [-0.3, -0.25) is 4.57 Å². The number of rotatable bonds is 4. The van der Waals surface area contributed by atoms with Crippen molar-refractivity contribution in [2.24, 2.45) is 0 Å². The van der Waals surface area contributed by atoms with E-state index < -0.39 is 7.60 Å². The highest BCUT2D eigenvalue weighted by Gasteiger charge is 2.16. The zero-order chi connectivity index (χ0) is 16.6. The van der Waals surface area contributed by atoms with E-state index >= 15 is 0 Å². The van der Waals surface area contributed by atoms with Gasteiger partial charge in [-0.2, -0.15) is 0 Å². The standard InChI is InChI=1S/C14H11ClFN2O3PS/c15-10-6-13-12(17-14(18-13)23-7-22(19,20)21)5-9(10)8-3-1-2-4-11(8)16/h1-6H,7H2,(H,17,18)(H2,19,20,21). The Morgan fingerprint density at radius 3 is 2.70 bits per heavy atom. The van der Waals surface area contributed by atoms with Crippen LogP contribution in [0.5, 0.6) is 0 Å². The van der Waals surface area contributed by atoms with Crippen LogP contribution in [0.4, 0.5) is 4.39 Å². The lowest BCUT2D eigenvalue weighted by molar-refractivity contribution is 0.379. The molecule has 0 saturated heterocycles. The summed E-state index contributed by atoms with van der Waals surface area (Å²) >= 11 is 7.14. The Morgan fingerprint density at radius 1 is 1.26 bits per heavy atom. The van der Waals surface area contributed by atoms with Crippen molar-refractivity contribution in [3.63, 3.8) is 0 Å². The molecule has 0 spiro atoms. The first-order valence-corrected chi connectivity index (χ1v) is 9.61. The average Bonchev–Trinajstić information content (AvgIpc) is 2.86. The van der Waals surface area contributed by atoms with Gasteiger partial charge in [0.1, 0.15) is 11.3 Å². The summed E-state index contributed by atoms with van der Waals surface area (Å²) in [6.45, 7) is 0.